The SMILES string of the molecule is CC(C)(CN)NC(=O)c1cccc(I)c1.Cl. The van der Waals surface area contributed by atoms with Gasteiger partial charge in [-0.3, -0.25) is 4.79 Å². The molecule has 0 radical (unpaired) electrons. The molecule has 0 aliphatic rings. The van der Waals surface area contributed by atoms with Gasteiger partial charge in [-0.05, 0) is 54.6 Å². The van der Waals surface area contributed by atoms with E-state index in [9.17, 15) is 4.79 Å². The van der Waals surface area contributed by atoms with Crippen LogP contribution in [-0.2, 0) is 0 Å². The maximum Gasteiger partial charge on any atom is 0.251 e. The lowest BCUT2D eigenvalue weighted by molar-refractivity contribution is 0.0915. The summed E-state index contributed by atoms with van der Waals surface area (Å²) in [4.78, 5) is 11.8. The quantitative estimate of drug-likeness (QED) is 0.818. The highest BCUT2D eigenvalue weighted by atomic mass is 127. The summed E-state index contributed by atoms with van der Waals surface area (Å²) in [6.45, 7) is 4.22. The van der Waals surface area contributed by atoms with Crippen molar-refractivity contribution in [3.63, 3.8) is 0 Å². The Bertz CT molecular complexity index is 369. The average Bonchev–Trinajstić information content (AvgIpc) is 2.17. The number of nitrogens with one attached hydrogen (secondary N) is 1. The zero-order chi connectivity index (χ0) is 11.5. The van der Waals surface area contributed by atoms with E-state index in [2.05, 4.69) is 27.9 Å². The summed E-state index contributed by atoms with van der Waals surface area (Å²) in [5.41, 5.74) is 5.85. The summed E-state index contributed by atoms with van der Waals surface area (Å²) < 4.78 is 1.05. The molecule has 0 saturated carbocycles. The molecule has 0 atom stereocenters. The minimum atomic E-state index is -0.363. The van der Waals surface area contributed by atoms with E-state index in [1.807, 2.05) is 32.0 Å². The van der Waals surface area contributed by atoms with E-state index in [4.69, 9.17) is 5.73 Å². The zero-order valence-corrected chi connectivity index (χ0v) is 12.3. The van der Waals surface area contributed by atoms with Crippen LogP contribution in [0.5, 0.6) is 0 Å². The van der Waals surface area contributed by atoms with Crippen LogP contribution in [-0.4, -0.2) is 18.0 Å². The van der Waals surface area contributed by atoms with Crippen LogP contribution >= 0.6 is 35.0 Å². The topological polar surface area (TPSA) is 55.1 Å². The first kappa shape index (κ1) is 15.7. The number of nitrogens with two attached hydrogens (primary N) is 1. The summed E-state index contributed by atoms with van der Waals surface area (Å²) in [5.74, 6) is -0.0797. The minimum Gasteiger partial charge on any atom is -0.346 e. The zero-order valence-electron chi connectivity index (χ0n) is 9.29. The number of benzene rings is 1. The van der Waals surface area contributed by atoms with E-state index in [-0.39, 0.29) is 23.9 Å². The number of hydrogen-bond donors (Lipinski definition) is 2. The van der Waals surface area contributed by atoms with Crippen LogP contribution in [0.3, 0.4) is 0 Å². The molecule has 1 aromatic rings. The van der Waals surface area contributed by atoms with Crippen molar-refractivity contribution in [2.45, 2.75) is 19.4 Å². The van der Waals surface area contributed by atoms with Crippen LogP contribution in [0.1, 0.15) is 24.2 Å². The van der Waals surface area contributed by atoms with Gasteiger partial charge in [0, 0.05) is 21.2 Å². The third-order valence-corrected chi connectivity index (χ3v) is 2.72. The molecule has 0 aliphatic heterocycles. The highest BCUT2D eigenvalue weighted by Crippen LogP contribution is 2.09. The minimum absolute atomic E-state index is 0. The first-order valence-corrected chi connectivity index (χ1v) is 5.81. The predicted molar refractivity (Wildman–Crippen MR) is 77.0 cm³/mol. The van der Waals surface area contributed by atoms with Crippen LogP contribution in [0, 0.1) is 3.57 Å². The Balaban J connectivity index is 0.00000225. The van der Waals surface area contributed by atoms with Gasteiger partial charge < -0.3 is 11.1 Å². The molecule has 3 nitrogen and oxygen atoms in total. The van der Waals surface area contributed by atoms with Gasteiger partial charge >= 0.3 is 0 Å². The highest BCUT2D eigenvalue weighted by molar-refractivity contribution is 14.1. The standard InChI is InChI=1S/C11H15IN2O.ClH/c1-11(2,7-13)14-10(15)8-4-3-5-9(12)6-8;/h3-6H,7,13H2,1-2H3,(H,14,15);1H. The normalized spacial score (nSPS) is 10.5. The second-order valence-corrected chi connectivity index (χ2v) is 5.30. The van der Waals surface area contributed by atoms with Crippen molar-refractivity contribution in [2.75, 3.05) is 6.54 Å². The third-order valence-electron chi connectivity index (χ3n) is 2.05. The highest BCUT2D eigenvalue weighted by Gasteiger charge is 2.18. The summed E-state index contributed by atoms with van der Waals surface area (Å²) in [7, 11) is 0. The largest absolute Gasteiger partial charge is 0.346 e. The predicted octanol–water partition coefficient (Wildman–Crippen LogP) is 2.18. The van der Waals surface area contributed by atoms with Crippen LogP contribution in [0.4, 0.5) is 0 Å². The van der Waals surface area contributed by atoms with E-state index < -0.39 is 0 Å². The molecule has 16 heavy (non-hydrogen) atoms. The Morgan fingerprint density at radius 1 is 1.50 bits per heavy atom. The summed E-state index contributed by atoms with van der Waals surface area (Å²) in [6.07, 6.45) is 0. The van der Waals surface area contributed by atoms with Crippen molar-refractivity contribution in [1.29, 1.82) is 0 Å². The lowest BCUT2D eigenvalue weighted by Crippen LogP contribution is -2.48. The Kier molecular flexibility index (Phi) is 6.28. The molecule has 0 bridgehead atoms. The molecular weight excluding hydrogens is 338 g/mol. The van der Waals surface area contributed by atoms with Gasteiger partial charge in [-0.25, -0.2) is 0 Å². The number of halogens is 2. The molecule has 0 spiro atoms. The van der Waals surface area contributed by atoms with Crippen LogP contribution < -0.4 is 11.1 Å². The smallest absolute Gasteiger partial charge is 0.251 e. The van der Waals surface area contributed by atoms with Gasteiger partial charge in [0.15, 0.2) is 0 Å². The van der Waals surface area contributed by atoms with Crippen molar-refractivity contribution in [3.8, 4) is 0 Å². The Morgan fingerprint density at radius 3 is 2.62 bits per heavy atom. The average molecular weight is 355 g/mol. The molecule has 1 aromatic carbocycles. The van der Waals surface area contributed by atoms with Gasteiger partial charge in [0.2, 0.25) is 0 Å². The Morgan fingerprint density at radius 2 is 2.12 bits per heavy atom. The van der Waals surface area contributed by atoms with Gasteiger partial charge in [-0.1, -0.05) is 6.07 Å². The molecule has 0 saturated heterocycles. The summed E-state index contributed by atoms with van der Waals surface area (Å²) in [6, 6.07) is 7.46. The van der Waals surface area contributed by atoms with Crippen molar-refractivity contribution in [2.24, 2.45) is 5.73 Å². The molecule has 5 heteroatoms. The van der Waals surface area contributed by atoms with E-state index in [0.717, 1.165) is 3.57 Å². The van der Waals surface area contributed by atoms with Gasteiger partial charge in [0.1, 0.15) is 0 Å². The van der Waals surface area contributed by atoms with Gasteiger partial charge in [-0.15, -0.1) is 12.4 Å². The van der Waals surface area contributed by atoms with Crippen LogP contribution in [0.2, 0.25) is 0 Å². The van der Waals surface area contributed by atoms with E-state index >= 15 is 0 Å². The van der Waals surface area contributed by atoms with Crippen molar-refractivity contribution in [3.05, 3.63) is 33.4 Å². The first-order chi connectivity index (χ1) is 6.94. The number of hydrogen-bond acceptors (Lipinski definition) is 2. The molecule has 1 rings (SSSR count). The number of amides is 1. The van der Waals surface area contributed by atoms with Crippen molar-refractivity contribution >= 4 is 40.9 Å². The van der Waals surface area contributed by atoms with Gasteiger partial charge in [-0.2, -0.15) is 0 Å². The van der Waals surface area contributed by atoms with Gasteiger partial charge in [0.05, 0.1) is 0 Å². The molecule has 0 aliphatic carbocycles. The van der Waals surface area contributed by atoms with Crippen LogP contribution in [0.15, 0.2) is 24.3 Å². The molecule has 1 amide bonds. The second-order valence-electron chi connectivity index (χ2n) is 4.05. The second kappa shape index (κ2) is 6.42. The Hall–Kier alpha value is -0.330. The first-order valence-electron chi connectivity index (χ1n) is 4.73. The molecule has 90 valence electrons. The van der Waals surface area contributed by atoms with E-state index in [1.54, 1.807) is 6.07 Å². The molecule has 0 unspecified atom stereocenters. The fraction of sp³-hybridized carbons (Fsp3) is 0.364. The fourth-order valence-electron chi connectivity index (χ4n) is 1.06. The maximum atomic E-state index is 11.8. The number of rotatable bonds is 3. The van der Waals surface area contributed by atoms with Crippen molar-refractivity contribution < 1.29 is 4.79 Å². The maximum absolute atomic E-state index is 11.8. The third kappa shape index (κ3) is 4.67. The summed E-state index contributed by atoms with van der Waals surface area (Å²) in [5, 5.41) is 2.88. The molecule has 0 heterocycles. The number of carbonyl (C=O) groups is 1. The molecular formula is C11H16ClIN2O. The van der Waals surface area contributed by atoms with Crippen LogP contribution in [0.25, 0.3) is 0 Å². The number of carbonyl (C=O) groups excluding carboxylic acids is 1. The van der Waals surface area contributed by atoms with E-state index in [0.29, 0.717) is 12.1 Å². The molecule has 0 aromatic heterocycles. The van der Waals surface area contributed by atoms with Gasteiger partial charge in [0.25, 0.3) is 5.91 Å². The lowest BCUT2D eigenvalue weighted by atomic mass is 10.1. The van der Waals surface area contributed by atoms with Crippen molar-refractivity contribution in [1.82, 2.24) is 5.32 Å². The molecule has 3 N–H and O–H groups in total. The fourth-order valence-corrected chi connectivity index (χ4v) is 1.60. The van der Waals surface area contributed by atoms with E-state index in [1.165, 1.54) is 0 Å². The Labute approximate surface area is 116 Å². The summed E-state index contributed by atoms with van der Waals surface area (Å²) >= 11 is 2.18. The molecule has 0 fully saturated rings. The lowest BCUT2D eigenvalue weighted by Gasteiger charge is -2.24. The monoisotopic (exact) mass is 354 g/mol.